The van der Waals surface area contributed by atoms with Gasteiger partial charge in [0.25, 0.3) is 0 Å². The molecule has 0 radical (unpaired) electrons. The minimum absolute atomic E-state index is 0.598. The Balaban J connectivity index is 2.81. The first-order chi connectivity index (χ1) is 16.3. The lowest BCUT2D eigenvalue weighted by atomic mass is 10.1. The molecule has 4 heteroatoms. The molecule has 1 heterocycles. The van der Waals surface area contributed by atoms with Crippen LogP contribution in [0.2, 0.25) is 33.2 Å². The number of para-hydroxylation sites is 1. The zero-order valence-electron chi connectivity index (χ0n) is 24.3. The molecular formula is C31H48N2Si2. The van der Waals surface area contributed by atoms with E-state index in [0.29, 0.717) is 33.2 Å². The molecule has 0 spiro atoms. The molecule has 0 aliphatic heterocycles. The van der Waals surface area contributed by atoms with Crippen molar-refractivity contribution in [3.8, 4) is 28.6 Å². The molecule has 2 nitrogen and oxygen atoms in total. The van der Waals surface area contributed by atoms with Gasteiger partial charge in [0.2, 0.25) is 0 Å². The van der Waals surface area contributed by atoms with E-state index in [1.54, 1.807) is 0 Å². The van der Waals surface area contributed by atoms with Gasteiger partial charge >= 0.3 is 0 Å². The van der Waals surface area contributed by atoms with Crippen molar-refractivity contribution in [3.63, 3.8) is 0 Å². The van der Waals surface area contributed by atoms with E-state index in [4.69, 9.17) is 0 Å². The summed E-state index contributed by atoms with van der Waals surface area (Å²) < 4.78 is 1.96. The number of benzene rings is 1. The Morgan fingerprint density at radius 3 is 1.26 bits per heavy atom. The molecule has 1 aromatic heterocycles. The number of hydrogen-bond acceptors (Lipinski definition) is 1. The normalized spacial score (nSPS) is 12.5. The first kappa shape index (κ1) is 29.2. The van der Waals surface area contributed by atoms with Crippen LogP contribution in [-0.2, 0) is 0 Å². The van der Waals surface area contributed by atoms with E-state index >= 15 is 0 Å². The third kappa shape index (κ3) is 5.71. The van der Waals surface area contributed by atoms with Gasteiger partial charge in [-0.15, -0.1) is 11.1 Å². The highest BCUT2D eigenvalue weighted by molar-refractivity contribution is 6.91. The lowest BCUT2D eigenvalue weighted by Crippen LogP contribution is -2.43. The Bertz CT molecular complexity index is 973. The van der Waals surface area contributed by atoms with E-state index in [2.05, 4.69) is 129 Å². The van der Waals surface area contributed by atoms with E-state index < -0.39 is 16.1 Å². The second kappa shape index (κ2) is 11.8. The van der Waals surface area contributed by atoms with E-state index in [9.17, 15) is 0 Å². The van der Waals surface area contributed by atoms with E-state index in [1.807, 2.05) is 23.1 Å². The van der Waals surface area contributed by atoms with E-state index in [1.165, 1.54) is 0 Å². The molecule has 2 aromatic rings. The van der Waals surface area contributed by atoms with Crippen LogP contribution in [0.3, 0.4) is 0 Å². The maximum atomic E-state index is 4.61. The maximum absolute atomic E-state index is 4.61. The summed E-state index contributed by atoms with van der Waals surface area (Å²) in [7, 11) is -3.70. The van der Waals surface area contributed by atoms with Crippen LogP contribution in [0.25, 0.3) is 5.69 Å². The average Bonchev–Trinajstić information content (AvgIpc) is 3.27. The second-order valence-corrected chi connectivity index (χ2v) is 23.1. The molecule has 0 aliphatic rings. The summed E-state index contributed by atoms with van der Waals surface area (Å²) >= 11 is 0. The summed E-state index contributed by atoms with van der Waals surface area (Å²) in [5, 5.41) is 4.61. The summed E-state index contributed by atoms with van der Waals surface area (Å²) in [6.07, 6.45) is 3.86. The SMILES string of the molecule is CC(C)[Si](C#Cc1cccc(C#C[Si](C(C)C)(C(C)C)C(C)C)c1-n1cccn1)(C(C)C)C(C)C. The highest BCUT2D eigenvalue weighted by Crippen LogP contribution is 2.42. The predicted octanol–water partition coefficient (Wildman–Crippen LogP) is 9.01. The highest BCUT2D eigenvalue weighted by Gasteiger charge is 2.42. The Morgan fingerprint density at radius 2 is 0.971 bits per heavy atom. The maximum Gasteiger partial charge on any atom is 0.146 e. The smallest absolute Gasteiger partial charge is 0.146 e. The van der Waals surface area contributed by atoms with Gasteiger partial charge in [0.15, 0.2) is 0 Å². The van der Waals surface area contributed by atoms with Crippen molar-refractivity contribution in [1.29, 1.82) is 0 Å². The van der Waals surface area contributed by atoms with Crippen molar-refractivity contribution in [2.45, 2.75) is 116 Å². The molecule has 190 valence electrons. The molecule has 35 heavy (non-hydrogen) atoms. The van der Waals surface area contributed by atoms with Crippen LogP contribution in [0, 0.1) is 22.9 Å². The molecule has 0 atom stereocenters. The minimum Gasteiger partial charge on any atom is -0.238 e. The number of nitrogens with zero attached hydrogens (tertiary/aromatic N) is 2. The van der Waals surface area contributed by atoms with Gasteiger partial charge in [0.1, 0.15) is 16.1 Å². The van der Waals surface area contributed by atoms with Crippen molar-refractivity contribution in [2.75, 3.05) is 0 Å². The second-order valence-electron chi connectivity index (χ2n) is 11.9. The molecule has 0 amide bonds. The van der Waals surface area contributed by atoms with E-state index in [0.717, 1.165) is 16.8 Å². The molecule has 0 bridgehead atoms. The summed E-state index contributed by atoms with van der Waals surface area (Å²) in [6, 6.07) is 8.39. The Kier molecular flexibility index (Phi) is 9.86. The van der Waals surface area contributed by atoms with Crippen molar-refractivity contribution in [2.24, 2.45) is 0 Å². The largest absolute Gasteiger partial charge is 0.238 e. The third-order valence-electron chi connectivity index (χ3n) is 8.33. The zero-order valence-corrected chi connectivity index (χ0v) is 26.3. The van der Waals surface area contributed by atoms with Crippen LogP contribution in [0.4, 0.5) is 0 Å². The molecular weight excluding hydrogens is 457 g/mol. The lowest BCUT2D eigenvalue weighted by molar-refractivity contribution is 0.838. The van der Waals surface area contributed by atoms with Crippen LogP contribution in [-0.4, -0.2) is 25.9 Å². The van der Waals surface area contributed by atoms with Crippen molar-refractivity contribution < 1.29 is 0 Å². The Labute approximate surface area is 218 Å². The molecule has 2 rings (SSSR count). The van der Waals surface area contributed by atoms with Crippen LogP contribution < -0.4 is 0 Å². The van der Waals surface area contributed by atoms with Crippen molar-refractivity contribution in [3.05, 3.63) is 47.8 Å². The van der Waals surface area contributed by atoms with Gasteiger partial charge in [-0.1, -0.05) is 101 Å². The standard InChI is InChI=1S/C31H48N2Si2/c1-23(2)34(24(3)4,25(5)6)21-17-29-15-13-16-30(31(29)33-20-14-19-32-33)18-22-35(26(7)8,27(9)10)28(11)12/h13-16,19-20,23-28H,1-12H3. The molecule has 1 aromatic carbocycles. The van der Waals surface area contributed by atoms with E-state index in [-0.39, 0.29) is 0 Å². The lowest BCUT2D eigenvalue weighted by Gasteiger charge is -2.38. The molecule has 0 fully saturated rings. The van der Waals surface area contributed by atoms with Gasteiger partial charge < -0.3 is 0 Å². The van der Waals surface area contributed by atoms with Gasteiger partial charge in [-0.2, -0.15) is 5.10 Å². The molecule has 0 unspecified atom stereocenters. The summed E-state index contributed by atoms with van der Waals surface area (Å²) in [6.45, 7) is 28.4. The molecule has 0 N–H and O–H groups in total. The topological polar surface area (TPSA) is 17.8 Å². The van der Waals surface area contributed by atoms with Gasteiger partial charge in [-0.3, -0.25) is 0 Å². The van der Waals surface area contributed by atoms with Crippen molar-refractivity contribution >= 4 is 16.1 Å². The van der Waals surface area contributed by atoms with Gasteiger partial charge in [-0.05, 0) is 51.4 Å². The highest BCUT2D eigenvalue weighted by atomic mass is 28.3. The first-order valence-corrected chi connectivity index (χ1v) is 18.0. The predicted molar refractivity (Wildman–Crippen MR) is 159 cm³/mol. The zero-order chi connectivity index (χ0) is 26.6. The monoisotopic (exact) mass is 504 g/mol. The fourth-order valence-corrected chi connectivity index (χ4v) is 17.0. The fraction of sp³-hybridized carbons (Fsp3) is 0.581. The minimum atomic E-state index is -1.85. The average molecular weight is 505 g/mol. The summed E-state index contributed by atoms with van der Waals surface area (Å²) in [4.78, 5) is 0. The van der Waals surface area contributed by atoms with Crippen molar-refractivity contribution in [1.82, 2.24) is 9.78 Å². The molecule has 0 saturated heterocycles. The van der Waals surface area contributed by atoms with Crippen LogP contribution in [0.1, 0.15) is 94.2 Å². The Morgan fingerprint density at radius 1 is 0.600 bits per heavy atom. The fourth-order valence-electron chi connectivity index (χ4n) is 6.61. The third-order valence-corrected chi connectivity index (χ3v) is 20.9. The van der Waals surface area contributed by atoms with Crippen LogP contribution in [0.5, 0.6) is 0 Å². The van der Waals surface area contributed by atoms with Gasteiger partial charge in [0.05, 0.1) is 16.8 Å². The van der Waals surface area contributed by atoms with Crippen LogP contribution >= 0.6 is 0 Å². The summed E-state index contributed by atoms with van der Waals surface area (Å²) in [5.74, 6) is 7.37. The van der Waals surface area contributed by atoms with Gasteiger partial charge in [-0.25, -0.2) is 4.68 Å². The van der Waals surface area contributed by atoms with Crippen LogP contribution in [0.15, 0.2) is 36.7 Å². The molecule has 0 saturated carbocycles. The number of aromatic nitrogens is 2. The number of rotatable bonds is 7. The Hall–Kier alpha value is -2.02. The van der Waals surface area contributed by atoms with Gasteiger partial charge in [0, 0.05) is 12.4 Å². The first-order valence-electron chi connectivity index (χ1n) is 13.5. The quantitative estimate of drug-likeness (QED) is 0.272. The molecule has 0 aliphatic carbocycles. The number of hydrogen-bond donors (Lipinski definition) is 0. The summed E-state index contributed by atoms with van der Waals surface area (Å²) in [5.41, 5.74) is 14.5.